The molecule has 0 bridgehead atoms. The van der Waals surface area contributed by atoms with Crippen molar-refractivity contribution in [2.75, 3.05) is 36.4 Å². The Kier molecular flexibility index (Phi) is 5.77. The van der Waals surface area contributed by atoms with Crippen LogP contribution in [0.1, 0.15) is 12.0 Å². The molecule has 2 fully saturated rings. The summed E-state index contributed by atoms with van der Waals surface area (Å²) in [5, 5.41) is 11.6. The van der Waals surface area contributed by atoms with Gasteiger partial charge in [0, 0.05) is 50.4 Å². The smallest absolute Gasteiger partial charge is 0.245 e. The molecule has 206 valence electrons. The van der Waals surface area contributed by atoms with E-state index in [4.69, 9.17) is 9.72 Å². The molecule has 12 nitrogen and oxygen atoms in total. The van der Waals surface area contributed by atoms with Gasteiger partial charge in [-0.15, -0.1) is 5.10 Å². The molecule has 0 atom stereocenters. The van der Waals surface area contributed by atoms with E-state index >= 15 is 0 Å². The molecule has 0 radical (unpaired) electrons. The van der Waals surface area contributed by atoms with E-state index in [1.54, 1.807) is 10.9 Å². The summed E-state index contributed by atoms with van der Waals surface area (Å²) < 4.78 is 7.87. The Bertz CT molecular complexity index is 1830. The molecule has 5 aromatic rings. The third-order valence-electron chi connectivity index (χ3n) is 7.87. The molecule has 0 saturated carbocycles. The average molecular weight is 549 g/mol. The Morgan fingerprint density at radius 1 is 1.10 bits per heavy atom. The van der Waals surface area contributed by atoms with Crippen molar-refractivity contribution in [1.29, 1.82) is 0 Å². The first-order valence-electron chi connectivity index (χ1n) is 13.4. The number of rotatable bonds is 6. The van der Waals surface area contributed by atoms with Crippen molar-refractivity contribution in [2.24, 2.45) is 12.5 Å². The first-order chi connectivity index (χ1) is 19.9. The lowest BCUT2D eigenvalue weighted by Crippen LogP contribution is -2.58. The second-order valence-corrected chi connectivity index (χ2v) is 10.8. The van der Waals surface area contributed by atoms with Crippen molar-refractivity contribution < 1.29 is 9.53 Å². The van der Waals surface area contributed by atoms with Crippen molar-refractivity contribution in [3.05, 3.63) is 67.1 Å². The molecule has 5 heterocycles. The summed E-state index contributed by atoms with van der Waals surface area (Å²) in [5.41, 5.74) is 4.91. The van der Waals surface area contributed by atoms with Crippen LogP contribution in [0.5, 0.6) is 11.5 Å². The fraction of sp³-hybridized carbons (Fsp3) is 0.276. The van der Waals surface area contributed by atoms with Gasteiger partial charge in [0.2, 0.25) is 11.9 Å². The lowest BCUT2D eigenvalue weighted by Gasteiger charge is -2.47. The number of ether oxygens (including phenoxy) is 1. The minimum atomic E-state index is -0.00601. The largest absolute Gasteiger partial charge is 0.457 e. The molecule has 0 unspecified atom stereocenters. The molecule has 2 aliphatic heterocycles. The molecule has 41 heavy (non-hydrogen) atoms. The van der Waals surface area contributed by atoms with Crippen LogP contribution < -0.4 is 15.0 Å². The monoisotopic (exact) mass is 548 g/mol. The topological polar surface area (TPSA) is 127 Å². The highest BCUT2D eigenvalue weighted by Gasteiger charge is 2.49. The lowest BCUT2D eigenvalue weighted by molar-refractivity contribution is -0.125. The van der Waals surface area contributed by atoms with Gasteiger partial charge >= 0.3 is 0 Å². The predicted octanol–water partition coefficient (Wildman–Crippen LogP) is 3.77. The molecular weight excluding hydrogens is 520 g/mol. The zero-order chi connectivity index (χ0) is 28.1. The minimum absolute atomic E-state index is 0.00601. The molecule has 2 saturated heterocycles. The molecule has 7 rings (SSSR count). The number of nitrogens with one attached hydrogen (secondary N) is 1. The van der Waals surface area contributed by atoms with Crippen LogP contribution in [0.15, 0.2) is 61.6 Å². The zero-order valence-electron chi connectivity index (χ0n) is 22.8. The number of likely N-dealkylation sites (tertiary alicyclic amines) is 1. The van der Waals surface area contributed by atoms with E-state index in [0.717, 1.165) is 60.6 Å². The van der Waals surface area contributed by atoms with Crippen molar-refractivity contribution in [2.45, 2.75) is 13.3 Å². The fourth-order valence-electron chi connectivity index (χ4n) is 5.69. The van der Waals surface area contributed by atoms with E-state index in [-0.39, 0.29) is 11.3 Å². The summed E-state index contributed by atoms with van der Waals surface area (Å²) in [4.78, 5) is 34.3. The number of anilines is 3. The maximum Gasteiger partial charge on any atom is 0.245 e. The van der Waals surface area contributed by atoms with Gasteiger partial charge in [0.1, 0.15) is 34.4 Å². The van der Waals surface area contributed by atoms with Crippen LogP contribution >= 0.6 is 0 Å². The number of carbonyl (C=O) groups is 1. The van der Waals surface area contributed by atoms with E-state index in [1.807, 2.05) is 55.3 Å². The highest BCUT2D eigenvalue weighted by atomic mass is 16.5. The van der Waals surface area contributed by atoms with Crippen molar-refractivity contribution in [3.8, 4) is 11.5 Å². The van der Waals surface area contributed by atoms with Gasteiger partial charge in [0.05, 0.1) is 11.7 Å². The number of nitrogens with zero attached hydrogens (tertiary/aromatic N) is 9. The van der Waals surface area contributed by atoms with Gasteiger partial charge in [-0.25, -0.2) is 24.6 Å². The molecule has 12 heteroatoms. The molecule has 1 N–H and O–H groups in total. The van der Waals surface area contributed by atoms with Gasteiger partial charge in [-0.2, -0.15) is 0 Å². The first kappa shape index (κ1) is 24.9. The Hall–Kier alpha value is -5.13. The molecule has 2 aromatic carbocycles. The zero-order valence-corrected chi connectivity index (χ0v) is 22.8. The van der Waals surface area contributed by atoms with E-state index < -0.39 is 0 Å². The van der Waals surface area contributed by atoms with Crippen LogP contribution in [0.4, 0.5) is 17.5 Å². The average Bonchev–Trinajstić information content (AvgIpc) is 3.58. The third kappa shape index (κ3) is 4.46. The lowest BCUT2D eigenvalue weighted by atomic mass is 9.79. The number of fused-ring (bicyclic) bond motifs is 2. The fourth-order valence-corrected chi connectivity index (χ4v) is 5.69. The highest BCUT2D eigenvalue weighted by Crippen LogP contribution is 2.41. The molecular formula is C29H28N10O2. The molecule has 0 aliphatic carbocycles. The van der Waals surface area contributed by atoms with E-state index in [1.165, 1.54) is 12.4 Å². The van der Waals surface area contributed by atoms with Gasteiger partial charge in [0.15, 0.2) is 5.82 Å². The Morgan fingerprint density at radius 2 is 1.98 bits per heavy atom. The summed E-state index contributed by atoms with van der Waals surface area (Å²) in [6, 6.07) is 11.6. The van der Waals surface area contributed by atoms with Gasteiger partial charge < -0.3 is 19.9 Å². The molecule has 2 aliphatic rings. The Morgan fingerprint density at radius 3 is 2.80 bits per heavy atom. The van der Waals surface area contributed by atoms with Crippen molar-refractivity contribution in [1.82, 2.24) is 39.8 Å². The summed E-state index contributed by atoms with van der Waals surface area (Å²) in [6.07, 6.45) is 5.59. The summed E-state index contributed by atoms with van der Waals surface area (Å²) in [5.74, 6) is 2.66. The quantitative estimate of drug-likeness (QED) is 0.313. The number of amides is 1. The number of benzene rings is 2. The van der Waals surface area contributed by atoms with E-state index in [2.05, 4.69) is 42.1 Å². The molecule has 1 spiro atoms. The Balaban J connectivity index is 1.08. The maximum absolute atomic E-state index is 12.0. The van der Waals surface area contributed by atoms with E-state index in [9.17, 15) is 4.79 Å². The van der Waals surface area contributed by atoms with Crippen LogP contribution in [0, 0.1) is 12.3 Å². The van der Waals surface area contributed by atoms with Gasteiger partial charge in [-0.05, 0) is 55.3 Å². The normalized spacial score (nSPS) is 15.9. The standard InChI is InChI=1S/C29H28N10O2/c1-4-25(40)38-10-9-29(14-38)15-39(16-29)28-30-13-22-26(34-28)27(32-17-31-22)33-19-5-8-24(18(2)11-19)41-20-6-7-23-21(12-20)35-36-37(23)3/h4-8,11-13,17H,1,9-10,14-16H2,2-3H3,(H,31,32,33). The van der Waals surface area contributed by atoms with Crippen LogP contribution in [-0.2, 0) is 11.8 Å². The molecule has 1 amide bonds. The number of carbonyl (C=O) groups excluding carboxylic acids is 1. The molecule has 3 aromatic heterocycles. The highest BCUT2D eigenvalue weighted by molar-refractivity contribution is 5.88. The van der Waals surface area contributed by atoms with Crippen LogP contribution in [0.2, 0.25) is 0 Å². The first-order valence-corrected chi connectivity index (χ1v) is 13.4. The Labute approximate surface area is 235 Å². The summed E-state index contributed by atoms with van der Waals surface area (Å²) in [7, 11) is 1.86. The maximum atomic E-state index is 12.0. The van der Waals surface area contributed by atoms with Crippen molar-refractivity contribution >= 4 is 45.4 Å². The minimum Gasteiger partial charge on any atom is -0.457 e. The van der Waals surface area contributed by atoms with Crippen LogP contribution in [0.25, 0.3) is 22.1 Å². The second kappa shape index (κ2) is 9.51. The predicted molar refractivity (Wildman–Crippen MR) is 154 cm³/mol. The number of aromatic nitrogens is 7. The van der Waals surface area contributed by atoms with Crippen LogP contribution in [-0.4, -0.2) is 71.9 Å². The third-order valence-corrected chi connectivity index (χ3v) is 7.87. The summed E-state index contributed by atoms with van der Waals surface area (Å²) in [6.45, 7) is 8.72. The number of hydrogen-bond acceptors (Lipinski definition) is 10. The van der Waals surface area contributed by atoms with Crippen molar-refractivity contribution in [3.63, 3.8) is 0 Å². The summed E-state index contributed by atoms with van der Waals surface area (Å²) >= 11 is 0. The second-order valence-electron chi connectivity index (χ2n) is 10.8. The van der Waals surface area contributed by atoms with Crippen LogP contribution in [0.3, 0.4) is 0 Å². The van der Waals surface area contributed by atoms with Gasteiger partial charge in [-0.3, -0.25) is 4.79 Å². The number of hydrogen-bond donors (Lipinski definition) is 1. The van der Waals surface area contributed by atoms with Gasteiger partial charge in [-0.1, -0.05) is 11.8 Å². The SMILES string of the molecule is C=CC(=O)N1CCC2(C1)CN(c1ncc3ncnc(Nc4ccc(Oc5ccc6c(c5)nnn6C)c(C)c4)c3n1)C2. The number of aryl methyl sites for hydroxylation is 2. The van der Waals surface area contributed by atoms with Gasteiger partial charge in [0.25, 0.3) is 0 Å². The van der Waals surface area contributed by atoms with E-state index in [0.29, 0.717) is 28.5 Å².